The number of carbonyl (C=O) groups is 2. The number of nitrogens with one attached hydrogen (secondary N) is 2. The lowest BCUT2D eigenvalue weighted by Crippen LogP contribution is -2.42. The van der Waals surface area contributed by atoms with Gasteiger partial charge in [-0.2, -0.15) is 5.10 Å². The molecule has 2 aliphatic rings. The van der Waals surface area contributed by atoms with E-state index in [1.54, 1.807) is 24.4 Å². The molecule has 2 aromatic rings. The lowest BCUT2D eigenvalue weighted by atomic mass is 9.66. The fourth-order valence-corrected chi connectivity index (χ4v) is 4.22. The molecule has 3 heterocycles. The molecule has 4 N–H and O–H groups in total. The van der Waals surface area contributed by atoms with Gasteiger partial charge in [-0.1, -0.05) is 6.42 Å². The van der Waals surface area contributed by atoms with Crippen molar-refractivity contribution in [2.75, 3.05) is 18.4 Å². The second kappa shape index (κ2) is 7.73. The van der Waals surface area contributed by atoms with Crippen molar-refractivity contribution in [2.24, 2.45) is 11.7 Å². The van der Waals surface area contributed by atoms with Gasteiger partial charge in [0.15, 0.2) is 0 Å². The number of rotatable bonds is 7. The van der Waals surface area contributed by atoms with Crippen LogP contribution in [0.2, 0.25) is 0 Å². The van der Waals surface area contributed by atoms with E-state index >= 15 is 0 Å². The Morgan fingerprint density at radius 2 is 2.17 bits per heavy atom. The molecule has 2 unspecified atom stereocenters. The Labute approximate surface area is 167 Å². The highest BCUT2D eigenvalue weighted by atomic mass is 19.1. The number of pyridine rings is 1. The monoisotopic (exact) mass is 398 g/mol. The summed E-state index contributed by atoms with van der Waals surface area (Å²) in [5, 5.41) is 14.3. The molecule has 0 bridgehead atoms. The van der Waals surface area contributed by atoms with Crippen LogP contribution in [0.1, 0.15) is 43.0 Å². The van der Waals surface area contributed by atoms with E-state index in [0.717, 1.165) is 19.3 Å². The molecular formula is C20H23FN6O2. The molecule has 29 heavy (non-hydrogen) atoms. The van der Waals surface area contributed by atoms with E-state index in [4.69, 9.17) is 5.73 Å². The molecule has 8 nitrogen and oxygen atoms in total. The second-order valence-corrected chi connectivity index (χ2v) is 7.81. The molecule has 2 amide bonds. The van der Waals surface area contributed by atoms with E-state index in [0.29, 0.717) is 30.3 Å². The molecule has 2 fully saturated rings. The number of nitrogens with zero attached hydrogens (tertiary/aromatic N) is 3. The van der Waals surface area contributed by atoms with Gasteiger partial charge in [-0.15, -0.1) is 5.10 Å². The summed E-state index contributed by atoms with van der Waals surface area (Å²) in [4.78, 5) is 27.7. The first-order valence-electron chi connectivity index (χ1n) is 9.73. The first kappa shape index (κ1) is 19.2. The molecule has 0 aromatic carbocycles. The molecule has 9 heteroatoms. The van der Waals surface area contributed by atoms with E-state index in [1.807, 2.05) is 0 Å². The molecule has 0 radical (unpaired) electrons. The molecule has 152 valence electrons. The van der Waals surface area contributed by atoms with Gasteiger partial charge in [-0.05, 0) is 37.1 Å². The Hall–Kier alpha value is -3.10. The third-order valence-electron chi connectivity index (χ3n) is 5.97. The molecule has 1 saturated carbocycles. The third kappa shape index (κ3) is 3.76. The van der Waals surface area contributed by atoms with Crippen molar-refractivity contribution >= 4 is 17.6 Å². The molecular weight excluding hydrogens is 375 g/mol. The molecule has 1 aliphatic carbocycles. The van der Waals surface area contributed by atoms with Crippen LogP contribution >= 0.6 is 0 Å². The van der Waals surface area contributed by atoms with Gasteiger partial charge >= 0.3 is 0 Å². The van der Waals surface area contributed by atoms with E-state index in [-0.39, 0.29) is 29.5 Å². The Kier molecular flexibility index (Phi) is 5.12. The van der Waals surface area contributed by atoms with Crippen molar-refractivity contribution in [1.29, 1.82) is 0 Å². The highest BCUT2D eigenvalue weighted by Crippen LogP contribution is 2.43. The van der Waals surface area contributed by atoms with Gasteiger partial charge in [0.25, 0.3) is 0 Å². The van der Waals surface area contributed by atoms with E-state index in [2.05, 4.69) is 25.8 Å². The van der Waals surface area contributed by atoms with Crippen molar-refractivity contribution in [1.82, 2.24) is 20.5 Å². The SMILES string of the molecule is NC(=O)C(c1ccc(NCC2(c3ncccc3F)CCC2)nn1)C1CNC(=O)C1. The highest BCUT2D eigenvalue weighted by molar-refractivity contribution is 5.85. The minimum atomic E-state index is -0.670. The van der Waals surface area contributed by atoms with Crippen LogP contribution in [0, 0.1) is 11.7 Å². The summed E-state index contributed by atoms with van der Waals surface area (Å²) < 4.78 is 14.2. The zero-order valence-corrected chi connectivity index (χ0v) is 15.9. The Morgan fingerprint density at radius 3 is 2.72 bits per heavy atom. The fourth-order valence-electron chi connectivity index (χ4n) is 4.22. The van der Waals surface area contributed by atoms with Crippen LogP contribution in [0.5, 0.6) is 0 Å². The molecule has 1 saturated heterocycles. The maximum Gasteiger partial charge on any atom is 0.227 e. The predicted molar refractivity (Wildman–Crippen MR) is 103 cm³/mol. The lowest BCUT2D eigenvalue weighted by molar-refractivity contribution is -0.121. The van der Waals surface area contributed by atoms with Gasteiger partial charge in [0.05, 0.1) is 17.3 Å². The predicted octanol–water partition coefficient (Wildman–Crippen LogP) is 1.25. The largest absolute Gasteiger partial charge is 0.369 e. The van der Waals surface area contributed by atoms with E-state index in [9.17, 15) is 14.0 Å². The Balaban J connectivity index is 1.46. The van der Waals surface area contributed by atoms with Crippen LogP contribution < -0.4 is 16.4 Å². The molecule has 2 aromatic heterocycles. The summed E-state index contributed by atoms with van der Waals surface area (Å²) in [6.45, 7) is 0.890. The average molecular weight is 398 g/mol. The van der Waals surface area contributed by atoms with Crippen molar-refractivity contribution < 1.29 is 14.0 Å². The average Bonchev–Trinajstić information content (AvgIpc) is 3.09. The van der Waals surface area contributed by atoms with Crippen molar-refractivity contribution in [2.45, 2.75) is 37.0 Å². The lowest BCUT2D eigenvalue weighted by Gasteiger charge is -2.41. The standard InChI is InChI=1S/C20H23FN6O2/c21-13-3-1-8-23-18(13)20(6-2-7-20)11-25-15-5-4-14(26-27-15)17(19(22)29)12-9-16(28)24-10-12/h1,3-5,8,12,17H,2,6-7,9-11H2,(H2,22,29)(H,24,28)(H,25,27). The van der Waals surface area contributed by atoms with Gasteiger partial charge in [-0.3, -0.25) is 14.6 Å². The van der Waals surface area contributed by atoms with Crippen molar-refractivity contribution in [3.8, 4) is 0 Å². The summed E-state index contributed by atoms with van der Waals surface area (Å²) in [5.41, 5.74) is 6.12. The summed E-state index contributed by atoms with van der Waals surface area (Å²) in [6.07, 6.45) is 4.58. The molecule has 1 aliphatic heterocycles. The van der Waals surface area contributed by atoms with Crippen LogP contribution in [-0.2, 0) is 15.0 Å². The summed E-state index contributed by atoms with van der Waals surface area (Å²) >= 11 is 0. The number of carbonyl (C=O) groups excluding carboxylic acids is 2. The number of primary amides is 1. The number of anilines is 1. The van der Waals surface area contributed by atoms with E-state index in [1.165, 1.54) is 6.07 Å². The summed E-state index contributed by atoms with van der Waals surface area (Å²) in [6, 6.07) is 6.45. The van der Waals surface area contributed by atoms with Gasteiger partial charge < -0.3 is 16.4 Å². The quantitative estimate of drug-likeness (QED) is 0.645. The maximum atomic E-state index is 14.2. The maximum absolute atomic E-state index is 14.2. The van der Waals surface area contributed by atoms with Crippen LogP contribution in [0.25, 0.3) is 0 Å². The minimum absolute atomic E-state index is 0.0972. The normalized spacial score (nSPS) is 21.1. The zero-order valence-electron chi connectivity index (χ0n) is 15.9. The van der Waals surface area contributed by atoms with Gasteiger partial charge in [0.1, 0.15) is 11.6 Å². The first-order chi connectivity index (χ1) is 14.0. The zero-order chi connectivity index (χ0) is 20.4. The van der Waals surface area contributed by atoms with Crippen molar-refractivity contribution in [3.05, 3.63) is 47.7 Å². The topological polar surface area (TPSA) is 123 Å². The highest BCUT2D eigenvalue weighted by Gasteiger charge is 2.42. The second-order valence-electron chi connectivity index (χ2n) is 7.81. The number of amides is 2. The smallest absolute Gasteiger partial charge is 0.227 e. The summed E-state index contributed by atoms with van der Waals surface area (Å²) in [5.74, 6) is -1.28. The number of nitrogens with two attached hydrogens (primary N) is 1. The van der Waals surface area contributed by atoms with Crippen LogP contribution in [-0.4, -0.2) is 40.1 Å². The van der Waals surface area contributed by atoms with Crippen LogP contribution in [0.15, 0.2) is 30.5 Å². The molecule has 0 spiro atoms. The number of hydrogen-bond donors (Lipinski definition) is 3. The number of aromatic nitrogens is 3. The van der Waals surface area contributed by atoms with Gasteiger partial charge in [0.2, 0.25) is 11.8 Å². The van der Waals surface area contributed by atoms with Gasteiger partial charge in [-0.25, -0.2) is 4.39 Å². The summed E-state index contributed by atoms with van der Waals surface area (Å²) in [7, 11) is 0. The minimum Gasteiger partial charge on any atom is -0.369 e. The van der Waals surface area contributed by atoms with Crippen LogP contribution in [0.3, 0.4) is 0 Å². The molecule has 4 rings (SSSR count). The number of hydrogen-bond acceptors (Lipinski definition) is 6. The fraction of sp³-hybridized carbons (Fsp3) is 0.450. The van der Waals surface area contributed by atoms with Gasteiger partial charge in [0, 0.05) is 37.0 Å². The van der Waals surface area contributed by atoms with E-state index < -0.39 is 11.8 Å². The molecule has 2 atom stereocenters. The first-order valence-corrected chi connectivity index (χ1v) is 9.73. The Bertz CT molecular complexity index is 915. The Morgan fingerprint density at radius 1 is 1.34 bits per heavy atom. The number of halogens is 1. The third-order valence-corrected chi connectivity index (χ3v) is 5.97. The van der Waals surface area contributed by atoms with Crippen molar-refractivity contribution in [3.63, 3.8) is 0 Å². The van der Waals surface area contributed by atoms with Crippen LogP contribution in [0.4, 0.5) is 10.2 Å².